The van der Waals surface area contributed by atoms with Crippen molar-refractivity contribution in [2.24, 2.45) is 0 Å². The molecule has 0 atom stereocenters. The van der Waals surface area contributed by atoms with E-state index < -0.39 is 11.8 Å². The topological polar surface area (TPSA) is 116 Å². The summed E-state index contributed by atoms with van der Waals surface area (Å²) in [6.45, 7) is 4.53. The molecule has 0 spiro atoms. The lowest BCUT2D eigenvalue weighted by Gasteiger charge is -2.09. The van der Waals surface area contributed by atoms with Gasteiger partial charge in [0, 0.05) is 24.0 Å². The zero-order valence-corrected chi connectivity index (χ0v) is 33.6. The highest BCUT2D eigenvalue weighted by Crippen LogP contribution is 2.15. The average molecular weight is 727 g/mol. The van der Waals surface area contributed by atoms with Gasteiger partial charge < -0.3 is 0 Å². The van der Waals surface area contributed by atoms with E-state index in [9.17, 15) is 19.2 Å². The molecule has 0 unspecified atom stereocenters. The van der Waals surface area contributed by atoms with Crippen LogP contribution >= 0.6 is 0 Å². The van der Waals surface area contributed by atoms with Crippen LogP contribution in [0.3, 0.4) is 0 Å². The highest BCUT2D eigenvalue weighted by atomic mass is 16.2. The van der Waals surface area contributed by atoms with Crippen molar-refractivity contribution in [2.75, 3.05) is 0 Å². The number of benzene rings is 1. The van der Waals surface area contributed by atoms with Crippen molar-refractivity contribution in [3.05, 3.63) is 35.4 Å². The second-order valence-electron chi connectivity index (χ2n) is 15.0. The Bertz CT molecular complexity index is 949. The fourth-order valence-corrected chi connectivity index (χ4v) is 6.61. The summed E-state index contributed by atoms with van der Waals surface area (Å²) in [6.07, 6.45) is 39.0. The first-order chi connectivity index (χ1) is 25.5. The lowest BCUT2D eigenvalue weighted by atomic mass is 10.0. The van der Waals surface area contributed by atoms with E-state index in [-0.39, 0.29) is 11.8 Å². The molecule has 0 aromatic heterocycles. The lowest BCUT2D eigenvalue weighted by Crippen LogP contribution is -2.42. The SMILES string of the molecule is CCCCCCCCCCCCCCCCCC(=O)NNC(=O)c1ccc(C(=O)NNC(=O)CCCCCCCCCCCCCCCCC)cc1. The van der Waals surface area contributed by atoms with Gasteiger partial charge in [-0.15, -0.1) is 0 Å². The molecule has 0 bridgehead atoms. The summed E-state index contributed by atoms with van der Waals surface area (Å²) in [5.41, 5.74) is 10.5. The van der Waals surface area contributed by atoms with Crippen molar-refractivity contribution < 1.29 is 19.2 Å². The van der Waals surface area contributed by atoms with Crippen molar-refractivity contribution in [2.45, 2.75) is 219 Å². The van der Waals surface area contributed by atoms with Crippen molar-refractivity contribution in [1.29, 1.82) is 0 Å². The fourth-order valence-electron chi connectivity index (χ4n) is 6.61. The smallest absolute Gasteiger partial charge is 0.269 e. The molecule has 0 aliphatic rings. The highest BCUT2D eigenvalue weighted by Gasteiger charge is 2.11. The zero-order chi connectivity index (χ0) is 37.7. The maximum absolute atomic E-state index is 12.5. The number of amides is 4. The fraction of sp³-hybridized carbons (Fsp3) is 0.773. The van der Waals surface area contributed by atoms with Crippen LogP contribution in [-0.4, -0.2) is 23.6 Å². The zero-order valence-electron chi connectivity index (χ0n) is 33.6. The molecule has 0 aliphatic heterocycles. The van der Waals surface area contributed by atoms with Crippen LogP contribution in [0.1, 0.15) is 240 Å². The van der Waals surface area contributed by atoms with E-state index in [0.717, 1.165) is 38.5 Å². The van der Waals surface area contributed by atoms with Crippen LogP contribution < -0.4 is 21.7 Å². The van der Waals surface area contributed by atoms with Gasteiger partial charge in [-0.25, -0.2) is 0 Å². The van der Waals surface area contributed by atoms with E-state index in [0.29, 0.717) is 24.0 Å². The van der Waals surface area contributed by atoms with Gasteiger partial charge in [0.25, 0.3) is 11.8 Å². The molecule has 4 amide bonds. The molecule has 52 heavy (non-hydrogen) atoms. The Balaban J connectivity index is 2.00. The summed E-state index contributed by atoms with van der Waals surface area (Å²) in [7, 11) is 0. The standard InChI is InChI=1S/C44H78N4O4/c1-3-5-7-9-11-13-15-17-19-21-23-25-27-29-31-33-41(49)45-47-43(51)39-35-37-40(38-36-39)44(52)48-46-42(50)34-32-30-28-26-24-22-20-18-16-14-12-10-8-6-4-2/h35-38H,3-34H2,1-2H3,(H,45,49)(H,46,50)(H,47,51)(H,48,52). The average Bonchev–Trinajstić information content (AvgIpc) is 3.16. The Morgan fingerprint density at radius 2 is 0.538 bits per heavy atom. The Morgan fingerprint density at radius 1 is 0.327 bits per heavy atom. The minimum absolute atomic E-state index is 0.209. The third-order valence-corrected chi connectivity index (χ3v) is 10.1. The monoisotopic (exact) mass is 727 g/mol. The van der Waals surface area contributed by atoms with Crippen LogP contribution in [0.25, 0.3) is 0 Å². The predicted octanol–water partition coefficient (Wildman–Crippen LogP) is 11.7. The number of unbranched alkanes of at least 4 members (excludes halogenated alkanes) is 28. The molecule has 8 nitrogen and oxygen atoms in total. The summed E-state index contributed by atoms with van der Waals surface area (Å²) in [6, 6.07) is 6.07. The number of carbonyl (C=O) groups excluding carboxylic acids is 4. The largest absolute Gasteiger partial charge is 0.273 e. The highest BCUT2D eigenvalue weighted by molar-refractivity contribution is 5.98. The Labute approximate surface area is 318 Å². The summed E-state index contributed by atoms with van der Waals surface area (Å²) in [4.78, 5) is 49.3. The molecule has 0 aliphatic carbocycles. The van der Waals surface area contributed by atoms with Crippen molar-refractivity contribution in [3.8, 4) is 0 Å². The molecule has 1 aromatic carbocycles. The minimum atomic E-state index is -0.450. The first kappa shape index (κ1) is 47.1. The molecule has 1 aromatic rings. The summed E-state index contributed by atoms with van der Waals surface area (Å²) in [5.74, 6) is -1.32. The number of nitrogens with one attached hydrogen (secondary N) is 4. The Morgan fingerprint density at radius 3 is 0.769 bits per heavy atom. The first-order valence-corrected chi connectivity index (χ1v) is 21.8. The third kappa shape index (κ3) is 28.7. The molecular weight excluding hydrogens is 649 g/mol. The van der Waals surface area contributed by atoms with E-state index in [1.807, 2.05) is 0 Å². The van der Waals surface area contributed by atoms with Crippen LogP contribution in [-0.2, 0) is 9.59 Å². The number of hydrazine groups is 2. The molecule has 0 saturated carbocycles. The van der Waals surface area contributed by atoms with Crippen LogP contribution in [0.5, 0.6) is 0 Å². The molecule has 0 fully saturated rings. The summed E-state index contributed by atoms with van der Waals surface area (Å²) < 4.78 is 0. The normalized spacial score (nSPS) is 11.0. The van der Waals surface area contributed by atoms with Crippen molar-refractivity contribution in [3.63, 3.8) is 0 Å². The van der Waals surface area contributed by atoms with Gasteiger partial charge in [-0.05, 0) is 37.1 Å². The summed E-state index contributed by atoms with van der Waals surface area (Å²) >= 11 is 0. The molecule has 4 N–H and O–H groups in total. The van der Waals surface area contributed by atoms with Crippen LogP contribution in [0, 0.1) is 0 Å². The van der Waals surface area contributed by atoms with E-state index in [1.54, 1.807) is 0 Å². The molecule has 298 valence electrons. The van der Waals surface area contributed by atoms with Gasteiger partial charge >= 0.3 is 0 Å². The molecule has 0 heterocycles. The second-order valence-corrected chi connectivity index (χ2v) is 15.0. The van der Waals surface area contributed by atoms with Crippen LogP contribution in [0.15, 0.2) is 24.3 Å². The van der Waals surface area contributed by atoms with Gasteiger partial charge in [0.15, 0.2) is 0 Å². The number of hydrogen-bond donors (Lipinski definition) is 4. The Hall–Kier alpha value is -2.90. The van der Waals surface area contributed by atoms with Crippen molar-refractivity contribution >= 4 is 23.6 Å². The van der Waals surface area contributed by atoms with Gasteiger partial charge in [-0.2, -0.15) is 0 Å². The van der Waals surface area contributed by atoms with E-state index in [2.05, 4.69) is 35.6 Å². The molecule has 0 saturated heterocycles. The molecular formula is C44H78N4O4. The van der Waals surface area contributed by atoms with Gasteiger partial charge in [-0.1, -0.05) is 194 Å². The van der Waals surface area contributed by atoms with Gasteiger partial charge in [0.2, 0.25) is 11.8 Å². The van der Waals surface area contributed by atoms with Gasteiger partial charge in [0.05, 0.1) is 0 Å². The molecule has 8 heteroatoms. The quantitative estimate of drug-likeness (QED) is 0.0418. The van der Waals surface area contributed by atoms with Crippen molar-refractivity contribution in [1.82, 2.24) is 21.7 Å². The molecule has 0 radical (unpaired) electrons. The second kappa shape index (κ2) is 35.1. The van der Waals surface area contributed by atoms with E-state index in [4.69, 9.17) is 0 Å². The predicted molar refractivity (Wildman–Crippen MR) is 217 cm³/mol. The number of carbonyl (C=O) groups is 4. The lowest BCUT2D eigenvalue weighted by molar-refractivity contribution is -0.122. The number of hydrogen-bond acceptors (Lipinski definition) is 4. The number of rotatable bonds is 34. The Kier molecular flexibility index (Phi) is 31.8. The maximum Gasteiger partial charge on any atom is 0.269 e. The van der Waals surface area contributed by atoms with Gasteiger partial charge in [0.1, 0.15) is 0 Å². The molecule has 1 rings (SSSR count). The first-order valence-electron chi connectivity index (χ1n) is 21.8. The van der Waals surface area contributed by atoms with Crippen LogP contribution in [0.4, 0.5) is 0 Å². The maximum atomic E-state index is 12.5. The van der Waals surface area contributed by atoms with E-state index in [1.165, 1.54) is 178 Å². The van der Waals surface area contributed by atoms with Crippen LogP contribution in [0.2, 0.25) is 0 Å². The minimum Gasteiger partial charge on any atom is -0.273 e. The van der Waals surface area contributed by atoms with Gasteiger partial charge in [-0.3, -0.25) is 40.9 Å². The summed E-state index contributed by atoms with van der Waals surface area (Å²) in [5, 5.41) is 0. The van der Waals surface area contributed by atoms with E-state index >= 15 is 0 Å². The third-order valence-electron chi connectivity index (χ3n) is 10.1.